The third-order valence-corrected chi connectivity index (χ3v) is 7.24. The molecule has 0 bridgehead atoms. The van der Waals surface area contributed by atoms with Crippen LogP contribution in [0.1, 0.15) is 35.7 Å². The molecular weight excluding hydrogens is 286 g/mol. The van der Waals surface area contributed by atoms with Crippen molar-refractivity contribution in [1.82, 2.24) is 4.98 Å². The molecule has 0 aromatic carbocycles. The highest BCUT2D eigenvalue weighted by Gasteiger charge is 2.28. The van der Waals surface area contributed by atoms with E-state index in [9.17, 15) is 4.79 Å². The highest BCUT2D eigenvalue weighted by atomic mass is 32.2. The van der Waals surface area contributed by atoms with Gasteiger partial charge in [-0.15, -0.1) is 23.1 Å². The number of carboxylic acid groups (broad SMARTS) is 1. The third kappa shape index (κ3) is 3.65. The topological polar surface area (TPSA) is 50.2 Å². The van der Waals surface area contributed by atoms with Crippen LogP contribution in [0, 0.1) is 0 Å². The lowest BCUT2D eigenvalue weighted by Crippen LogP contribution is -2.18. The zero-order valence-corrected chi connectivity index (χ0v) is 12.7. The van der Waals surface area contributed by atoms with Crippen molar-refractivity contribution in [3.8, 4) is 0 Å². The number of nitrogens with zero attached hydrogens (tertiary/aromatic N) is 1. The molecule has 0 amide bonds. The summed E-state index contributed by atoms with van der Waals surface area (Å²) in [4.78, 5) is 15.2. The van der Waals surface area contributed by atoms with Gasteiger partial charge in [-0.05, 0) is 6.42 Å². The molecule has 1 N–H and O–H groups in total. The zero-order chi connectivity index (χ0) is 13.0. The second-order valence-electron chi connectivity index (χ2n) is 4.18. The number of aromatic nitrogens is 1. The van der Waals surface area contributed by atoms with Crippen LogP contribution in [0.25, 0.3) is 0 Å². The second-order valence-corrected chi connectivity index (χ2v) is 7.67. The predicted octanol–water partition coefficient (Wildman–Crippen LogP) is 3.46. The summed E-state index contributed by atoms with van der Waals surface area (Å²) >= 11 is 5.73. The molecule has 2 atom stereocenters. The Balaban J connectivity index is 2.01. The first-order valence-corrected chi connectivity index (χ1v) is 9.07. The van der Waals surface area contributed by atoms with Crippen molar-refractivity contribution < 1.29 is 9.90 Å². The Kier molecular flexibility index (Phi) is 5.38. The predicted molar refractivity (Wildman–Crippen MR) is 79.8 cm³/mol. The van der Waals surface area contributed by atoms with Crippen molar-refractivity contribution in [3.63, 3.8) is 0 Å². The van der Waals surface area contributed by atoms with Gasteiger partial charge in [-0.3, -0.25) is 4.79 Å². The van der Waals surface area contributed by atoms with Gasteiger partial charge in [0.15, 0.2) is 0 Å². The molecule has 2 rings (SSSR count). The van der Waals surface area contributed by atoms with Crippen LogP contribution in [0.3, 0.4) is 0 Å². The number of thiazole rings is 1. The van der Waals surface area contributed by atoms with E-state index >= 15 is 0 Å². The van der Waals surface area contributed by atoms with Crippen molar-refractivity contribution >= 4 is 40.8 Å². The quantitative estimate of drug-likeness (QED) is 0.902. The Morgan fingerprint density at radius 1 is 1.50 bits per heavy atom. The van der Waals surface area contributed by atoms with E-state index in [1.165, 1.54) is 22.9 Å². The Hall–Kier alpha value is -0.200. The average molecular weight is 303 g/mol. The highest BCUT2D eigenvalue weighted by molar-refractivity contribution is 8.06. The summed E-state index contributed by atoms with van der Waals surface area (Å²) in [7, 11) is 0. The molecule has 1 saturated heterocycles. The summed E-state index contributed by atoms with van der Waals surface area (Å²) in [6.07, 6.45) is 1.90. The molecule has 1 aliphatic heterocycles. The lowest BCUT2D eigenvalue weighted by Gasteiger charge is -2.28. The summed E-state index contributed by atoms with van der Waals surface area (Å²) < 4.78 is 0. The van der Waals surface area contributed by atoms with E-state index in [1.807, 2.05) is 28.9 Å². The van der Waals surface area contributed by atoms with Crippen LogP contribution in [-0.2, 0) is 11.2 Å². The SMILES string of the molecule is CCC1SCCSC1c1nc(CCC(=O)O)cs1. The van der Waals surface area contributed by atoms with Crippen molar-refractivity contribution in [2.24, 2.45) is 0 Å². The molecule has 2 heterocycles. The van der Waals surface area contributed by atoms with Crippen LogP contribution in [0.2, 0.25) is 0 Å². The minimum atomic E-state index is -0.751. The second kappa shape index (κ2) is 6.82. The molecule has 3 nitrogen and oxygen atoms in total. The van der Waals surface area contributed by atoms with E-state index in [0.717, 1.165) is 5.69 Å². The number of rotatable bonds is 5. The fraction of sp³-hybridized carbons (Fsp3) is 0.667. The molecule has 2 unspecified atom stereocenters. The van der Waals surface area contributed by atoms with Gasteiger partial charge < -0.3 is 5.11 Å². The lowest BCUT2D eigenvalue weighted by atomic mass is 10.2. The largest absolute Gasteiger partial charge is 0.481 e. The maximum absolute atomic E-state index is 10.5. The molecule has 0 spiro atoms. The van der Waals surface area contributed by atoms with Gasteiger partial charge in [-0.2, -0.15) is 11.8 Å². The summed E-state index contributed by atoms with van der Waals surface area (Å²) in [6.45, 7) is 2.23. The fourth-order valence-electron chi connectivity index (χ4n) is 1.93. The first-order valence-electron chi connectivity index (χ1n) is 6.10. The van der Waals surface area contributed by atoms with Gasteiger partial charge in [0.2, 0.25) is 0 Å². The van der Waals surface area contributed by atoms with E-state index in [-0.39, 0.29) is 6.42 Å². The molecular formula is C12H17NO2S3. The van der Waals surface area contributed by atoms with Gasteiger partial charge in [0, 0.05) is 28.6 Å². The molecule has 0 saturated carbocycles. The monoisotopic (exact) mass is 303 g/mol. The van der Waals surface area contributed by atoms with E-state index in [1.54, 1.807) is 11.3 Å². The van der Waals surface area contributed by atoms with E-state index in [2.05, 4.69) is 11.9 Å². The highest BCUT2D eigenvalue weighted by Crippen LogP contribution is 2.44. The Morgan fingerprint density at radius 3 is 3.00 bits per heavy atom. The summed E-state index contributed by atoms with van der Waals surface area (Å²) in [6, 6.07) is 0. The molecule has 0 aliphatic carbocycles. The molecule has 1 aromatic heterocycles. The number of carboxylic acids is 1. The normalized spacial score (nSPS) is 24.1. The Bertz CT molecular complexity index is 408. The van der Waals surface area contributed by atoms with Gasteiger partial charge >= 0.3 is 5.97 Å². The Labute approximate surface area is 120 Å². The molecule has 6 heteroatoms. The van der Waals surface area contributed by atoms with Gasteiger partial charge in [-0.25, -0.2) is 4.98 Å². The van der Waals surface area contributed by atoms with Crippen molar-refractivity contribution in [2.75, 3.05) is 11.5 Å². The minimum Gasteiger partial charge on any atom is -0.481 e. The number of aliphatic carboxylic acids is 1. The summed E-state index contributed by atoms with van der Waals surface area (Å²) in [5, 5.41) is 13.0. The maximum Gasteiger partial charge on any atom is 0.303 e. The number of thioether (sulfide) groups is 2. The van der Waals surface area contributed by atoms with E-state index in [4.69, 9.17) is 5.11 Å². The molecule has 0 radical (unpaired) electrons. The molecule has 1 aromatic rings. The van der Waals surface area contributed by atoms with Gasteiger partial charge in [0.25, 0.3) is 0 Å². The zero-order valence-electron chi connectivity index (χ0n) is 10.3. The number of hydrogen-bond acceptors (Lipinski definition) is 5. The third-order valence-electron chi connectivity index (χ3n) is 2.86. The van der Waals surface area contributed by atoms with Crippen LogP contribution in [0.5, 0.6) is 0 Å². The van der Waals surface area contributed by atoms with Crippen molar-refractivity contribution in [2.45, 2.75) is 36.7 Å². The lowest BCUT2D eigenvalue weighted by molar-refractivity contribution is -0.136. The van der Waals surface area contributed by atoms with Crippen LogP contribution in [-0.4, -0.2) is 32.8 Å². The minimum absolute atomic E-state index is 0.174. The first-order chi connectivity index (χ1) is 8.70. The standard InChI is InChI=1S/C12H17NO2S3/c1-2-9-11(17-6-5-16-9)12-13-8(7-18-12)3-4-10(14)15/h7,9,11H,2-6H2,1H3,(H,14,15). The molecule has 1 fully saturated rings. The van der Waals surface area contributed by atoms with Gasteiger partial charge in [0.05, 0.1) is 17.4 Å². The Morgan fingerprint density at radius 2 is 2.28 bits per heavy atom. The fourth-order valence-corrected chi connectivity index (χ4v) is 6.23. The maximum atomic E-state index is 10.5. The molecule has 18 heavy (non-hydrogen) atoms. The smallest absolute Gasteiger partial charge is 0.303 e. The van der Waals surface area contributed by atoms with E-state index in [0.29, 0.717) is 16.9 Å². The van der Waals surface area contributed by atoms with Crippen LogP contribution in [0.4, 0.5) is 0 Å². The number of hydrogen-bond donors (Lipinski definition) is 1. The van der Waals surface area contributed by atoms with Crippen LogP contribution < -0.4 is 0 Å². The number of carbonyl (C=O) groups is 1. The molecule has 100 valence electrons. The van der Waals surface area contributed by atoms with Crippen LogP contribution >= 0.6 is 34.9 Å². The average Bonchev–Trinajstić information content (AvgIpc) is 2.85. The first kappa shape index (κ1) is 14.2. The number of aryl methyl sites for hydroxylation is 1. The van der Waals surface area contributed by atoms with Crippen molar-refractivity contribution in [1.29, 1.82) is 0 Å². The van der Waals surface area contributed by atoms with Gasteiger partial charge in [0.1, 0.15) is 5.01 Å². The van der Waals surface area contributed by atoms with Crippen LogP contribution in [0.15, 0.2) is 5.38 Å². The van der Waals surface area contributed by atoms with Crippen molar-refractivity contribution in [3.05, 3.63) is 16.1 Å². The van der Waals surface area contributed by atoms with E-state index < -0.39 is 5.97 Å². The van der Waals surface area contributed by atoms with Gasteiger partial charge in [-0.1, -0.05) is 6.92 Å². The summed E-state index contributed by atoms with van der Waals surface area (Å²) in [5.74, 6) is 1.67. The molecule has 1 aliphatic rings. The summed E-state index contributed by atoms with van der Waals surface area (Å²) in [5.41, 5.74) is 0.934.